The van der Waals surface area contributed by atoms with Crippen LogP contribution in [0.4, 0.5) is 0 Å². The minimum atomic E-state index is 0.0122. The standard InChI is InChI=1S/C17H17Cl3N2O/c1-10(23-17-5-3-12(18)7-22-17)13-8-21-9-14(13)11-2-4-15(19)16(20)6-11/h2-7,10,13-14,21H,8-9H2,1H3/t10-,13+,14+/m1/s1. The average Bonchev–Trinajstić information content (AvgIpc) is 3.02. The van der Waals surface area contributed by atoms with Gasteiger partial charge in [-0.3, -0.25) is 0 Å². The molecule has 0 bridgehead atoms. The smallest absolute Gasteiger partial charge is 0.213 e. The van der Waals surface area contributed by atoms with E-state index >= 15 is 0 Å². The first-order valence-corrected chi connectivity index (χ1v) is 8.62. The molecule has 3 nitrogen and oxygen atoms in total. The van der Waals surface area contributed by atoms with Gasteiger partial charge in [-0.15, -0.1) is 0 Å². The van der Waals surface area contributed by atoms with E-state index < -0.39 is 0 Å². The zero-order valence-electron chi connectivity index (χ0n) is 12.6. The van der Waals surface area contributed by atoms with Crippen molar-refractivity contribution in [3.63, 3.8) is 0 Å². The number of rotatable bonds is 4. The van der Waals surface area contributed by atoms with Gasteiger partial charge in [-0.25, -0.2) is 4.98 Å². The number of nitrogens with one attached hydrogen (secondary N) is 1. The number of hydrogen-bond donors (Lipinski definition) is 1. The van der Waals surface area contributed by atoms with Crippen LogP contribution in [0.15, 0.2) is 36.5 Å². The number of hydrogen-bond acceptors (Lipinski definition) is 3. The number of benzene rings is 1. The summed E-state index contributed by atoms with van der Waals surface area (Å²) in [6.45, 7) is 3.85. The molecule has 0 aliphatic carbocycles. The van der Waals surface area contributed by atoms with Gasteiger partial charge in [0.2, 0.25) is 5.88 Å². The van der Waals surface area contributed by atoms with Gasteiger partial charge >= 0.3 is 0 Å². The average molecular weight is 372 g/mol. The lowest BCUT2D eigenvalue weighted by Crippen LogP contribution is -2.29. The van der Waals surface area contributed by atoms with Gasteiger partial charge in [0.25, 0.3) is 0 Å². The van der Waals surface area contributed by atoms with Crippen molar-refractivity contribution in [2.45, 2.75) is 18.9 Å². The zero-order valence-corrected chi connectivity index (χ0v) is 14.9. The Morgan fingerprint density at radius 2 is 1.96 bits per heavy atom. The molecule has 0 unspecified atom stereocenters. The van der Waals surface area contributed by atoms with E-state index in [9.17, 15) is 0 Å². The van der Waals surface area contributed by atoms with Crippen LogP contribution in [-0.2, 0) is 0 Å². The van der Waals surface area contributed by atoms with Crippen LogP contribution in [0.5, 0.6) is 5.88 Å². The molecule has 1 aliphatic heterocycles. The summed E-state index contributed by atoms with van der Waals surface area (Å²) in [5.41, 5.74) is 1.17. The molecule has 1 fully saturated rings. The van der Waals surface area contributed by atoms with Crippen LogP contribution in [0, 0.1) is 5.92 Å². The van der Waals surface area contributed by atoms with Crippen LogP contribution >= 0.6 is 34.8 Å². The van der Waals surface area contributed by atoms with Crippen molar-refractivity contribution in [2.24, 2.45) is 5.92 Å². The summed E-state index contributed by atoms with van der Waals surface area (Å²) in [6, 6.07) is 9.39. The van der Waals surface area contributed by atoms with E-state index in [1.54, 1.807) is 18.3 Å². The molecule has 1 aromatic carbocycles. The Balaban J connectivity index is 1.75. The maximum Gasteiger partial charge on any atom is 0.213 e. The highest BCUT2D eigenvalue weighted by Gasteiger charge is 2.34. The Bertz CT molecular complexity index is 678. The second-order valence-corrected chi connectivity index (χ2v) is 6.99. The lowest BCUT2D eigenvalue weighted by atomic mass is 9.86. The number of ether oxygens (including phenoxy) is 1. The van der Waals surface area contributed by atoms with Crippen LogP contribution in [0.2, 0.25) is 15.1 Å². The fraction of sp³-hybridized carbons (Fsp3) is 0.353. The van der Waals surface area contributed by atoms with Crippen LogP contribution in [-0.4, -0.2) is 24.2 Å². The molecular weight excluding hydrogens is 355 g/mol. The maximum atomic E-state index is 6.16. The van der Waals surface area contributed by atoms with Gasteiger partial charge in [0.1, 0.15) is 6.10 Å². The summed E-state index contributed by atoms with van der Waals surface area (Å²) in [6.07, 6.45) is 1.60. The summed E-state index contributed by atoms with van der Waals surface area (Å²) in [4.78, 5) is 4.20. The topological polar surface area (TPSA) is 34.1 Å². The second kappa shape index (κ2) is 7.27. The van der Waals surface area contributed by atoms with E-state index in [2.05, 4.69) is 17.2 Å². The molecule has 122 valence electrons. The molecule has 3 atom stereocenters. The molecule has 1 aromatic heterocycles. The predicted octanol–water partition coefficient (Wildman–Crippen LogP) is 4.81. The number of halogens is 3. The van der Waals surface area contributed by atoms with E-state index in [1.807, 2.05) is 18.2 Å². The van der Waals surface area contributed by atoms with Crippen LogP contribution < -0.4 is 10.1 Å². The summed E-state index contributed by atoms with van der Waals surface area (Å²) >= 11 is 18.0. The summed E-state index contributed by atoms with van der Waals surface area (Å²) < 4.78 is 5.99. The van der Waals surface area contributed by atoms with E-state index in [0.717, 1.165) is 13.1 Å². The predicted molar refractivity (Wildman–Crippen MR) is 94.9 cm³/mol. The molecule has 6 heteroatoms. The molecule has 2 aromatic rings. The molecule has 3 rings (SSSR count). The van der Waals surface area contributed by atoms with Crippen molar-refractivity contribution in [1.82, 2.24) is 10.3 Å². The number of nitrogens with zero attached hydrogens (tertiary/aromatic N) is 1. The Hall–Kier alpha value is -1.000. The fourth-order valence-electron chi connectivity index (χ4n) is 3.01. The first kappa shape index (κ1) is 16.8. The van der Waals surface area contributed by atoms with Crippen molar-refractivity contribution in [1.29, 1.82) is 0 Å². The molecular formula is C17H17Cl3N2O. The molecule has 0 radical (unpaired) electrons. The number of aromatic nitrogens is 1. The van der Waals surface area contributed by atoms with Gasteiger partial charge in [0.15, 0.2) is 0 Å². The van der Waals surface area contributed by atoms with Crippen LogP contribution in [0.1, 0.15) is 18.4 Å². The van der Waals surface area contributed by atoms with E-state index in [0.29, 0.717) is 32.8 Å². The molecule has 1 aliphatic rings. The van der Waals surface area contributed by atoms with Crippen molar-refractivity contribution >= 4 is 34.8 Å². The third kappa shape index (κ3) is 3.92. The number of pyridine rings is 1. The largest absolute Gasteiger partial charge is 0.474 e. The highest BCUT2D eigenvalue weighted by Crippen LogP contribution is 2.35. The van der Waals surface area contributed by atoms with Crippen molar-refractivity contribution in [3.8, 4) is 5.88 Å². The van der Waals surface area contributed by atoms with Crippen molar-refractivity contribution in [2.75, 3.05) is 13.1 Å². The van der Waals surface area contributed by atoms with E-state index in [1.165, 1.54) is 5.56 Å². The summed E-state index contributed by atoms with van der Waals surface area (Å²) in [5, 5.41) is 5.19. The minimum Gasteiger partial charge on any atom is -0.474 e. The lowest BCUT2D eigenvalue weighted by molar-refractivity contribution is 0.145. The first-order chi connectivity index (χ1) is 11.0. The SMILES string of the molecule is C[C@@H](Oc1ccc(Cl)cn1)[C@@H]1CNC[C@H]1c1ccc(Cl)c(Cl)c1. The highest BCUT2D eigenvalue weighted by atomic mass is 35.5. The van der Waals surface area contributed by atoms with Gasteiger partial charge in [0.05, 0.1) is 15.1 Å². The third-order valence-electron chi connectivity index (χ3n) is 4.24. The zero-order chi connectivity index (χ0) is 16.4. The highest BCUT2D eigenvalue weighted by molar-refractivity contribution is 6.42. The third-order valence-corrected chi connectivity index (χ3v) is 5.21. The molecule has 23 heavy (non-hydrogen) atoms. The molecule has 0 saturated carbocycles. The molecule has 0 spiro atoms. The molecule has 2 heterocycles. The lowest BCUT2D eigenvalue weighted by Gasteiger charge is -2.26. The van der Waals surface area contributed by atoms with Gasteiger partial charge in [-0.2, -0.15) is 0 Å². The monoisotopic (exact) mass is 370 g/mol. The van der Waals surface area contributed by atoms with Gasteiger partial charge in [-0.05, 0) is 30.7 Å². The van der Waals surface area contributed by atoms with Gasteiger partial charge < -0.3 is 10.1 Å². The van der Waals surface area contributed by atoms with Gasteiger partial charge in [0, 0.05) is 37.2 Å². The maximum absolute atomic E-state index is 6.16. The van der Waals surface area contributed by atoms with Gasteiger partial charge in [-0.1, -0.05) is 40.9 Å². The van der Waals surface area contributed by atoms with E-state index in [4.69, 9.17) is 39.5 Å². The molecule has 1 saturated heterocycles. The van der Waals surface area contributed by atoms with Crippen LogP contribution in [0.3, 0.4) is 0 Å². The Morgan fingerprint density at radius 3 is 2.65 bits per heavy atom. The van der Waals surface area contributed by atoms with Crippen molar-refractivity contribution in [3.05, 3.63) is 57.2 Å². The first-order valence-electron chi connectivity index (χ1n) is 7.48. The molecule has 1 N–H and O–H groups in total. The van der Waals surface area contributed by atoms with E-state index in [-0.39, 0.29) is 6.10 Å². The Labute approximate surface area is 150 Å². The minimum absolute atomic E-state index is 0.0122. The second-order valence-electron chi connectivity index (χ2n) is 5.74. The summed E-state index contributed by atoms with van der Waals surface area (Å²) in [5.74, 6) is 1.23. The summed E-state index contributed by atoms with van der Waals surface area (Å²) in [7, 11) is 0. The normalized spacial score (nSPS) is 22.1. The Kier molecular flexibility index (Phi) is 5.32. The molecule has 0 amide bonds. The Morgan fingerprint density at radius 1 is 1.13 bits per heavy atom. The fourth-order valence-corrected chi connectivity index (χ4v) is 3.43. The van der Waals surface area contributed by atoms with Crippen molar-refractivity contribution < 1.29 is 4.74 Å². The van der Waals surface area contributed by atoms with Crippen LogP contribution in [0.25, 0.3) is 0 Å². The quantitative estimate of drug-likeness (QED) is 0.837.